The molecule has 4 rings (SSSR count). The van der Waals surface area contributed by atoms with Crippen molar-refractivity contribution in [3.8, 4) is 11.5 Å². The highest BCUT2D eigenvalue weighted by molar-refractivity contribution is 6.23. The van der Waals surface area contributed by atoms with Gasteiger partial charge in [0, 0.05) is 24.7 Å². The second kappa shape index (κ2) is 9.05. The molecule has 2 N–H and O–H groups in total. The standard InChI is InChI=1S/C23H27N5O5/c1-12-7-13(2)11-28(10-12)23-26-20-19(22(31)27-23)15(9-18(29)25-20)21(30)24-16-8-14(32-3)5-6-17(16)33-4/h5-6,8,12-13H,7,9-11H2,1-4H3,(H,24,30)(H,25,26,27,29,31). The molecule has 1 aromatic heterocycles. The van der Waals surface area contributed by atoms with Crippen molar-refractivity contribution in [3.05, 3.63) is 39.3 Å². The molecular formula is C23H27N5O5. The van der Waals surface area contributed by atoms with Gasteiger partial charge in [-0.3, -0.25) is 19.4 Å². The number of aromatic amines is 1. The number of H-pyrrole nitrogens is 1. The molecule has 1 saturated heterocycles. The zero-order valence-corrected chi connectivity index (χ0v) is 19.1. The van der Waals surface area contributed by atoms with E-state index in [0.29, 0.717) is 35.0 Å². The molecule has 0 spiro atoms. The van der Waals surface area contributed by atoms with Gasteiger partial charge in [-0.25, -0.2) is 0 Å². The monoisotopic (exact) mass is 453 g/mol. The summed E-state index contributed by atoms with van der Waals surface area (Å²) in [7, 11) is 2.98. The summed E-state index contributed by atoms with van der Waals surface area (Å²) in [6.07, 6.45) is 0.799. The fourth-order valence-corrected chi connectivity index (χ4v) is 4.49. The normalized spacial score (nSPS) is 20.1. The number of amides is 2. The molecule has 0 radical (unpaired) electrons. The van der Waals surface area contributed by atoms with Crippen molar-refractivity contribution in [3.63, 3.8) is 0 Å². The molecule has 2 amide bonds. The van der Waals surface area contributed by atoms with Crippen LogP contribution < -0.4 is 36.0 Å². The summed E-state index contributed by atoms with van der Waals surface area (Å²) in [5.41, 5.74) is -0.169. The SMILES string of the molecule is COc1ccc(OC)c(NC(=O)C2=c3c(nc(N4CC(C)CC(C)C4)[nH]c3=O)=NC(=O)C2)c1. The fraction of sp³-hybridized carbons (Fsp3) is 0.435. The molecule has 1 fully saturated rings. The lowest BCUT2D eigenvalue weighted by atomic mass is 9.92. The van der Waals surface area contributed by atoms with Crippen LogP contribution in [0.5, 0.6) is 11.5 Å². The Morgan fingerprint density at radius 1 is 1.15 bits per heavy atom. The van der Waals surface area contributed by atoms with E-state index in [1.807, 2.05) is 4.90 Å². The molecule has 174 valence electrons. The smallest absolute Gasteiger partial charge is 0.262 e. The average Bonchev–Trinajstić information content (AvgIpc) is 2.77. The van der Waals surface area contributed by atoms with Crippen molar-refractivity contribution in [1.82, 2.24) is 9.97 Å². The summed E-state index contributed by atoms with van der Waals surface area (Å²) < 4.78 is 10.5. The number of hydrogen-bond acceptors (Lipinski definition) is 7. The van der Waals surface area contributed by atoms with E-state index in [9.17, 15) is 14.4 Å². The summed E-state index contributed by atoms with van der Waals surface area (Å²) in [6, 6.07) is 4.94. The maximum atomic E-state index is 13.1. The first-order valence-corrected chi connectivity index (χ1v) is 10.8. The van der Waals surface area contributed by atoms with Crippen LogP contribution in [-0.4, -0.2) is 49.1 Å². The van der Waals surface area contributed by atoms with E-state index in [4.69, 9.17) is 9.47 Å². The van der Waals surface area contributed by atoms with E-state index in [1.54, 1.807) is 18.2 Å². The van der Waals surface area contributed by atoms with E-state index in [2.05, 4.69) is 34.1 Å². The Labute approximate surface area is 190 Å². The molecule has 0 saturated carbocycles. The van der Waals surface area contributed by atoms with Crippen molar-refractivity contribution < 1.29 is 19.1 Å². The molecule has 10 nitrogen and oxygen atoms in total. The minimum atomic E-state index is -0.605. The third-order valence-electron chi connectivity index (χ3n) is 5.85. The van der Waals surface area contributed by atoms with Crippen molar-refractivity contribution in [2.45, 2.75) is 26.7 Å². The number of fused-ring (bicyclic) bond motifs is 1. The summed E-state index contributed by atoms with van der Waals surface area (Å²) in [5, 5.41) is 2.73. The average molecular weight is 453 g/mol. The van der Waals surface area contributed by atoms with Gasteiger partial charge in [0.1, 0.15) is 11.5 Å². The fourth-order valence-electron chi connectivity index (χ4n) is 4.49. The van der Waals surface area contributed by atoms with E-state index in [1.165, 1.54) is 14.2 Å². The van der Waals surface area contributed by atoms with Crippen molar-refractivity contribution in [2.24, 2.45) is 16.8 Å². The first-order chi connectivity index (χ1) is 15.8. The Kier molecular flexibility index (Phi) is 6.17. The predicted octanol–water partition coefficient (Wildman–Crippen LogP) is 0.609. The summed E-state index contributed by atoms with van der Waals surface area (Å²) in [6.45, 7) is 5.78. The lowest BCUT2D eigenvalue weighted by Crippen LogP contribution is -2.51. The van der Waals surface area contributed by atoms with E-state index < -0.39 is 17.4 Å². The van der Waals surface area contributed by atoms with Gasteiger partial charge in [-0.2, -0.15) is 9.98 Å². The van der Waals surface area contributed by atoms with Gasteiger partial charge in [0.05, 0.1) is 31.5 Å². The molecule has 2 atom stereocenters. The minimum Gasteiger partial charge on any atom is -0.497 e. The molecule has 10 heteroatoms. The van der Waals surface area contributed by atoms with Gasteiger partial charge in [-0.1, -0.05) is 13.8 Å². The summed E-state index contributed by atoms with van der Waals surface area (Å²) >= 11 is 0. The highest BCUT2D eigenvalue weighted by Crippen LogP contribution is 2.29. The van der Waals surface area contributed by atoms with Crippen LogP contribution in [0.3, 0.4) is 0 Å². The van der Waals surface area contributed by atoms with Crippen LogP contribution in [0, 0.1) is 11.8 Å². The number of piperidine rings is 1. The number of hydrogen-bond donors (Lipinski definition) is 2. The number of benzene rings is 1. The Balaban J connectivity index is 1.76. The van der Waals surface area contributed by atoms with E-state index >= 15 is 0 Å². The van der Waals surface area contributed by atoms with Gasteiger partial charge in [0.25, 0.3) is 17.4 Å². The van der Waals surface area contributed by atoms with Crippen LogP contribution >= 0.6 is 0 Å². The first-order valence-electron chi connectivity index (χ1n) is 10.8. The van der Waals surface area contributed by atoms with E-state index in [0.717, 1.165) is 19.5 Å². The largest absolute Gasteiger partial charge is 0.497 e. The van der Waals surface area contributed by atoms with Gasteiger partial charge in [0.15, 0.2) is 5.49 Å². The predicted molar refractivity (Wildman–Crippen MR) is 122 cm³/mol. The lowest BCUT2D eigenvalue weighted by Gasteiger charge is -2.35. The van der Waals surface area contributed by atoms with Crippen molar-refractivity contribution in [1.29, 1.82) is 0 Å². The van der Waals surface area contributed by atoms with Crippen LogP contribution in [0.25, 0.3) is 5.57 Å². The summed E-state index contributed by atoms with van der Waals surface area (Å²) in [5.74, 6) is 1.04. The summed E-state index contributed by atoms with van der Waals surface area (Å²) in [4.78, 5) is 51.7. The number of anilines is 2. The lowest BCUT2D eigenvalue weighted by molar-refractivity contribution is -0.118. The quantitative estimate of drug-likeness (QED) is 0.679. The van der Waals surface area contributed by atoms with Gasteiger partial charge >= 0.3 is 0 Å². The minimum absolute atomic E-state index is 0.00977. The molecule has 2 aliphatic heterocycles. The molecular weight excluding hydrogens is 426 g/mol. The number of nitrogens with one attached hydrogen (secondary N) is 2. The second-order valence-corrected chi connectivity index (χ2v) is 8.62. The van der Waals surface area contributed by atoms with Gasteiger partial charge in [-0.05, 0) is 30.4 Å². The number of nitrogens with zero attached hydrogens (tertiary/aromatic N) is 3. The Morgan fingerprint density at radius 2 is 1.88 bits per heavy atom. The van der Waals surface area contributed by atoms with Crippen LogP contribution in [0.2, 0.25) is 0 Å². The number of carbonyl (C=O) groups is 2. The second-order valence-electron chi connectivity index (χ2n) is 8.62. The molecule has 2 aliphatic rings. The van der Waals surface area contributed by atoms with Crippen molar-refractivity contribution in [2.75, 3.05) is 37.5 Å². The molecule has 0 bridgehead atoms. The Morgan fingerprint density at radius 3 is 2.55 bits per heavy atom. The highest BCUT2D eigenvalue weighted by Gasteiger charge is 2.26. The molecule has 0 aliphatic carbocycles. The third-order valence-corrected chi connectivity index (χ3v) is 5.85. The van der Waals surface area contributed by atoms with Crippen LogP contribution in [-0.2, 0) is 9.59 Å². The van der Waals surface area contributed by atoms with Crippen LogP contribution in [0.1, 0.15) is 26.7 Å². The van der Waals surface area contributed by atoms with Gasteiger partial charge in [0.2, 0.25) is 5.95 Å². The third kappa shape index (κ3) is 4.59. The van der Waals surface area contributed by atoms with Gasteiger partial charge in [-0.15, -0.1) is 0 Å². The zero-order chi connectivity index (χ0) is 23.7. The highest BCUT2D eigenvalue weighted by atomic mass is 16.5. The number of ether oxygens (including phenoxy) is 2. The van der Waals surface area contributed by atoms with Gasteiger partial charge < -0.3 is 19.7 Å². The number of carbonyl (C=O) groups excluding carboxylic acids is 2. The molecule has 3 heterocycles. The van der Waals surface area contributed by atoms with E-state index in [-0.39, 0.29) is 22.7 Å². The zero-order valence-electron chi connectivity index (χ0n) is 19.1. The van der Waals surface area contributed by atoms with Crippen LogP contribution in [0.4, 0.5) is 11.6 Å². The maximum absolute atomic E-state index is 13.1. The first kappa shape index (κ1) is 22.5. The number of methoxy groups -OCH3 is 2. The maximum Gasteiger partial charge on any atom is 0.262 e. The molecule has 2 unspecified atom stereocenters. The van der Waals surface area contributed by atoms with Crippen LogP contribution in [0.15, 0.2) is 28.0 Å². The molecule has 33 heavy (non-hydrogen) atoms. The molecule has 2 aromatic rings. The Hall–Kier alpha value is -3.69. The number of rotatable bonds is 5. The number of aromatic nitrogens is 2. The van der Waals surface area contributed by atoms with Crippen molar-refractivity contribution >= 4 is 29.0 Å². The Bertz CT molecular complexity index is 1280. The molecule has 1 aromatic carbocycles. The topological polar surface area (TPSA) is 126 Å².